The Morgan fingerprint density at radius 1 is 1.67 bits per heavy atom. The number of ether oxygens (including phenoxy) is 1. The van der Waals surface area contributed by atoms with E-state index in [0.29, 0.717) is 6.04 Å². The van der Waals surface area contributed by atoms with Crippen molar-refractivity contribution in [3.05, 3.63) is 11.1 Å². The molecule has 1 saturated heterocycles. The molecule has 2 rings (SSSR count). The third-order valence-corrected chi connectivity index (χ3v) is 3.57. The lowest BCUT2D eigenvalue weighted by molar-refractivity contribution is 0.0343. The normalized spacial score (nSPS) is 27.0. The van der Waals surface area contributed by atoms with Gasteiger partial charge in [-0.1, -0.05) is 11.3 Å². The highest BCUT2D eigenvalue weighted by molar-refractivity contribution is 7.15. The van der Waals surface area contributed by atoms with Gasteiger partial charge in [0.25, 0.3) is 0 Å². The van der Waals surface area contributed by atoms with Gasteiger partial charge in [-0.2, -0.15) is 0 Å². The van der Waals surface area contributed by atoms with E-state index in [-0.39, 0.29) is 12.7 Å². The van der Waals surface area contributed by atoms with Gasteiger partial charge in [-0.25, -0.2) is 4.98 Å². The molecule has 2 atom stereocenters. The van der Waals surface area contributed by atoms with Gasteiger partial charge in [0.1, 0.15) is 0 Å². The van der Waals surface area contributed by atoms with E-state index in [1.165, 1.54) is 0 Å². The second-order valence-corrected chi connectivity index (χ2v) is 5.01. The zero-order valence-corrected chi connectivity index (χ0v) is 9.83. The number of nitrogens with zero attached hydrogens (tertiary/aromatic N) is 2. The van der Waals surface area contributed by atoms with Crippen molar-refractivity contribution in [1.29, 1.82) is 0 Å². The first-order valence-electron chi connectivity index (χ1n) is 5.14. The Labute approximate surface area is 93.5 Å². The average molecular weight is 228 g/mol. The molecule has 0 bridgehead atoms. The van der Waals surface area contributed by atoms with E-state index in [4.69, 9.17) is 9.84 Å². The van der Waals surface area contributed by atoms with Gasteiger partial charge in [-0.3, -0.25) is 0 Å². The SMILES string of the molecule is CC1CN(c2ncc(CO)s2)C(C)CO1. The zero-order chi connectivity index (χ0) is 10.8. The van der Waals surface area contributed by atoms with Crippen LogP contribution in [0.4, 0.5) is 5.13 Å². The molecule has 1 aromatic rings. The second-order valence-electron chi connectivity index (χ2n) is 3.91. The number of rotatable bonds is 2. The Bertz CT molecular complexity index is 329. The van der Waals surface area contributed by atoms with Crippen LogP contribution in [0.1, 0.15) is 18.7 Å². The van der Waals surface area contributed by atoms with Crippen LogP contribution in [0.2, 0.25) is 0 Å². The fraction of sp³-hybridized carbons (Fsp3) is 0.700. The zero-order valence-electron chi connectivity index (χ0n) is 9.01. The lowest BCUT2D eigenvalue weighted by Crippen LogP contribution is -2.47. The Morgan fingerprint density at radius 2 is 2.47 bits per heavy atom. The summed E-state index contributed by atoms with van der Waals surface area (Å²) in [5.41, 5.74) is 0. The van der Waals surface area contributed by atoms with Crippen molar-refractivity contribution in [2.75, 3.05) is 18.1 Å². The van der Waals surface area contributed by atoms with Crippen molar-refractivity contribution >= 4 is 16.5 Å². The molecule has 1 aromatic heterocycles. The number of hydrogen-bond acceptors (Lipinski definition) is 5. The lowest BCUT2D eigenvalue weighted by atomic mass is 10.2. The van der Waals surface area contributed by atoms with E-state index < -0.39 is 0 Å². The molecule has 2 heterocycles. The van der Waals surface area contributed by atoms with E-state index in [1.54, 1.807) is 17.5 Å². The molecule has 1 aliphatic rings. The summed E-state index contributed by atoms with van der Waals surface area (Å²) in [7, 11) is 0. The predicted molar refractivity (Wildman–Crippen MR) is 60.3 cm³/mol. The van der Waals surface area contributed by atoms with Crippen LogP contribution in [-0.2, 0) is 11.3 Å². The topological polar surface area (TPSA) is 45.6 Å². The van der Waals surface area contributed by atoms with Gasteiger partial charge < -0.3 is 14.7 Å². The van der Waals surface area contributed by atoms with Crippen LogP contribution in [0, 0.1) is 0 Å². The fourth-order valence-corrected chi connectivity index (χ4v) is 2.55. The minimum Gasteiger partial charge on any atom is -0.391 e. The summed E-state index contributed by atoms with van der Waals surface area (Å²) in [5.74, 6) is 0. The van der Waals surface area contributed by atoms with Crippen molar-refractivity contribution in [2.45, 2.75) is 32.6 Å². The van der Waals surface area contributed by atoms with E-state index >= 15 is 0 Å². The van der Waals surface area contributed by atoms with Gasteiger partial charge in [-0.05, 0) is 13.8 Å². The van der Waals surface area contributed by atoms with Crippen molar-refractivity contribution in [2.24, 2.45) is 0 Å². The Balaban J connectivity index is 2.13. The molecule has 5 heteroatoms. The maximum Gasteiger partial charge on any atom is 0.185 e. The van der Waals surface area contributed by atoms with Gasteiger partial charge in [0, 0.05) is 12.7 Å². The van der Waals surface area contributed by atoms with Crippen molar-refractivity contribution in [1.82, 2.24) is 4.98 Å². The first-order valence-corrected chi connectivity index (χ1v) is 5.96. The minimum atomic E-state index is 0.0753. The molecule has 1 aliphatic heterocycles. The maximum absolute atomic E-state index is 8.99. The fourth-order valence-electron chi connectivity index (χ4n) is 1.67. The number of aromatic nitrogens is 1. The van der Waals surface area contributed by atoms with E-state index in [9.17, 15) is 0 Å². The van der Waals surface area contributed by atoms with Crippen LogP contribution in [0.15, 0.2) is 6.20 Å². The number of thiazole rings is 1. The van der Waals surface area contributed by atoms with Gasteiger partial charge >= 0.3 is 0 Å². The molecule has 0 saturated carbocycles. The number of hydrogen-bond donors (Lipinski definition) is 1. The van der Waals surface area contributed by atoms with Crippen molar-refractivity contribution in [3.63, 3.8) is 0 Å². The molecule has 2 unspecified atom stereocenters. The summed E-state index contributed by atoms with van der Waals surface area (Å²) in [6, 6.07) is 0.360. The number of aliphatic hydroxyl groups excluding tert-OH is 1. The molecule has 0 amide bonds. The summed E-state index contributed by atoms with van der Waals surface area (Å²) in [5, 5.41) is 9.98. The Morgan fingerprint density at radius 3 is 3.13 bits per heavy atom. The summed E-state index contributed by atoms with van der Waals surface area (Å²) in [4.78, 5) is 7.49. The first kappa shape index (κ1) is 10.9. The predicted octanol–water partition coefficient (Wildman–Crippen LogP) is 1.25. The number of morpholine rings is 1. The van der Waals surface area contributed by atoms with Gasteiger partial charge in [0.15, 0.2) is 5.13 Å². The van der Waals surface area contributed by atoms with Crippen molar-refractivity contribution < 1.29 is 9.84 Å². The lowest BCUT2D eigenvalue weighted by Gasteiger charge is -2.36. The second kappa shape index (κ2) is 4.47. The van der Waals surface area contributed by atoms with Crippen LogP contribution in [0.5, 0.6) is 0 Å². The van der Waals surface area contributed by atoms with Crippen molar-refractivity contribution in [3.8, 4) is 0 Å². The molecule has 84 valence electrons. The van der Waals surface area contributed by atoms with Crippen LogP contribution < -0.4 is 4.90 Å². The average Bonchev–Trinajstić information content (AvgIpc) is 2.70. The molecule has 0 aromatic carbocycles. The monoisotopic (exact) mass is 228 g/mol. The molecule has 0 aliphatic carbocycles. The summed E-state index contributed by atoms with van der Waals surface area (Å²) in [6.45, 7) is 5.89. The molecule has 15 heavy (non-hydrogen) atoms. The Hall–Kier alpha value is -0.650. The molecular weight excluding hydrogens is 212 g/mol. The molecular formula is C10H16N2O2S. The highest BCUT2D eigenvalue weighted by Crippen LogP contribution is 2.26. The number of aliphatic hydroxyl groups is 1. The summed E-state index contributed by atoms with van der Waals surface area (Å²) >= 11 is 1.55. The van der Waals surface area contributed by atoms with Gasteiger partial charge in [0.2, 0.25) is 0 Å². The highest BCUT2D eigenvalue weighted by atomic mass is 32.1. The van der Waals surface area contributed by atoms with Crippen LogP contribution in [0.25, 0.3) is 0 Å². The van der Waals surface area contributed by atoms with Gasteiger partial charge in [-0.15, -0.1) is 0 Å². The van der Waals surface area contributed by atoms with Crippen LogP contribution >= 0.6 is 11.3 Å². The quantitative estimate of drug-likeness (QED) is 0.827. The standard InChI is InChI=1S/C10H16N2O2S/c1-7-6-14-8(2)4-12(7)10-11-3-9(5-13)15-10/h3,7-8,13H,4-6H2,1-2H3. The third kappa shape index (κ3) is 2.30. The third-order valence-electron chi connectivity index (χ3n) is 2.55. The van der Waals surface area contributed by atoms with Crippen LogP contribution in [-0.4, -0.2) is 35.4 Å². The smallest absolute Gasteiger partial charge is 0.185 e. The molecule has 4 nitrogen and oxygen atoms in total. The summed E-state index contributed by atoms with van der Waals surface area (Å²) < 4.78 is 5.56. The maximum atomic E-state index is 8.99. The molecule has 0 radical (unpaired) electrons. The molecule has 0 spiro atoms. The highest BCUT2D eigenvalue weighted by Gasteiger charge is 2.25. The molecule has 1 N–H and O–H groups in total. The Kier molecular flexibility index (Phi) is 3.23. The van der Waals surface area contributed by atoms with E-state index in [1.807, 2.05) is 0 Å². The molecule has 1 fully saturated rings. The largest absolute Gasteiger partial charge is 0.391 e. The van der Waals surface area contributed by atoms with E-state index in [0.717, 1.165) is 23.2 Å². The van der Waals surface area contributed by atoms with Gasteiger partial charge in [0.05, 0.1) is 30.2 Å². The van der Waals surface area contributed by atoms with E-state index in [2.05, 4.69) is 23.7 Å². The van der Waals surface area contributed by atoms with Crippen LogP contribution in [0.3, 0.4) is 0 Å². The minimum absolute atomic E-state index is 0.0753. The summed E-state index contributed by atoms with van der Waals surface area (Å²) in [6.07, 6.45) is 2.00. The number of anilines is 1. The first-order chi connectivity index (χ1) is 7.20.